The van der Waals surface area contributed by atoms with Crippen molar-refractivity contribution >= 4 is 5.91 Å². The molecular formula is C21H29N3O4. The van der Waals surface area contributed by atoms with Crippen LogP contribution in [0.5, 0.6) is 11.5 Å². The van der Waals surface area contributed by atoms with Crippen molar-refractivity contribution in [1.82, 2.24) is 15.4 Å². The number of piperidine rings is 1. The van der Waals surface area contributed by atoms with Crippen LogP contribution in [0.2, 0.25) is 0 Å². The number of benzene rings is 1. The highest BCUT2D eigenvalue weighted by Gasteiger charge is 2.24. The zero-order valence-corrected chi connectivity index (χ0v) is 16.9. The molecule has 1 aliphatic rings. The first kappa shape index (κ1) is 20.2. The maximum atomic E-state index is 12.4. The molecule has 3 rings (SSSR count). The fourth-order valence-electron chi connectivity index (χ4n) is 3.69. The van der Waals surface area contributed by atoms with E-state index in [-0.39, 0.29) is 18.4 Å². The lowest BCUT2D eigenvalue weighted by molar-refractivity contribution is -0.120. The zero-order valence-electron chi connectivity index (χ0n) is 16.9. The first-order valence-electron chi connectivity index (χ1n) is 9.75. The summed E-state index contributed by atoms with van der Waals surface area (Å²) in [5, 5.41) is 6.96. The maximum absolute atomic E-state index is 12.4. The molecule has 1 aliphatic heterocycles. The number of nitrogens with one attached hydrogen (secondary N) is 1. The van der Waals surface area contributed by atoms with Crippen LogP contribution >= 0.6 is 0 Å². The molecule has 1 aromatic carbocycles. The third-order valence-corrected chi connectivity index (χ3v) is 5.13. The summed E-state index contributed by atoms with van der Waals surface area (Å²) in [6.07, 6.45) is 3.83. The summed E-state index contributed by atoms with van der Waals surface area (Å²) in [5.41, 5.74) is 1.76. The average Bonchev–Trinajstić information content (AvgIpc) is 3.13. The average molecular weight is 387 g/mol. The molecule has 1 N–H and O–H groups in total. The second-order valence-corrected chi connectivity index (χ2v) is 7.14. The minimum absolute atomic E-state index is 0.0595. The first-order chi connectivity index (χ1) is 13.6. The van der Waals surface area contributed by atoms with E-state index in [0.29, 0.717) is 29.5 Å². The van der Waals surface area contributed by atoms with E-state index in [4.69, 9.17) is 14.0 Å². The minimum Gasteiger partial charge on any atom is -0.493 e. The van der Waals surface area contributed by atoms with E-state index in [1.165, 1.54) is 19.3 Å². The van der Waals surface area contributed by atoms with Crippen molar-refractivity contribution in [2.75, 3.05) is 33.9 Å². The normalized spacial score (nSPS) is 15.8. The Labute approximate surface area is 166 Å². The Morgan fingerprint density at radius 3 is 2.57 bits per heavy atom. The smallest absolute Gasteiger partial charge is 0.226 e. The third-order valence-electron chi connectivity index (χ3n) is 5.13. The summed E-state index contributed by atoms with van der Waals surface area (Å²) in [6, 6.07) is 7.85. The first-order valence-corrected chi connectivity index (χ1v) is 9.75. The summed E-state index contributed by atoms with van der Waals surface area (Å²) < 4.78 is 15.9. The van der Waals surface area contributed by atoms with E-state index in [9.17, 15) is 4.79 Å². The monoisotopic (exact) mass is 387 g/mol. The van der Waals surface area contributed by atoms with Crippen LogP contribution in [0.1, 0.15) is 42.3 Å². The van der Waals surface area contributed by atoms with Crippen molar-refractivity contribution in [3.05, 3.63) is 41.3 Å². The van der Waals surface area contributed by atoms with Gasteiger partial charge in [-0.15, -0.1) is 0 Å². The van der Waals surface area contributed by atoms with Crippen LogP contribution in [-0.2, 0) is 11.2 Å². The molecule has 1 amide bonds. The minimum atomic E-state index is -0.0595. The number of ether oxygens (including phenoxy) is 2. The molecular weight excluding hydrogens is 358 g/mol. The molecule has 28 heavy (non-hydrogen) atoms. The lowest BCUT2D eigenvalue weighted by Gasteiger charge is -2.35. The molecule has 1 unspecified atom stereocenters. The van der Waals surface area contributed by atoms with Crippen molar-refractivity contribution in [3.8, 4) is 11.5 Å². The summed E-state index contributed by atoms with van der Waals surface area (Å²) in [4.78, 5) is 14.8. The number of nitrogens with zero attached hydrogens (tertiary/aromatic N) is 2. The van der Waals surface area contributed by atoms with Gasteiger partial charge < -0.3 is 19.3 Å². The largest absolute Gasteiger partial charge is 0.493 e. The molecule has 1 atom stereocenters. The fraction of sp³-hybridized carbons (Fsp3) is 0.524. The Kier molecular flexibility index (Phi) is 6.92. The molecule has 2 heterocycles. The second kappa shape index (κ2) is 9.59. The van der Waals surface area contributed by atoms with Gasteiger partial charge in [0.2, 0.25) is 5.91 Å². The Morgan fingerprint density at radius 2 is 1.93 bits per heavy atom. The highest BCUT2D eigenvalue weighted by atomic mass is 16.5. The highest BCUT2D eigenvalue weighted by Crippen LogP contribution is 2.32. The van der Waals surface area contributed by atoms with E-state index >= 15 is 0 Å². The molecule has 1 fully saturated rings. The SMILES string of the molecule is COc1ccc(C(CNC(=O)Cc2cc(C)on2)N2CCCCC2)cc1OC. The van der Waals surface area contributed by atoms with E-state index in [1.54, 1.807) is 20.3 Å². The van der Waals surface area contributed by atoms with Gasteiger partial charge in [-0.2, -0.15) is 0 Å². The Hall–Kier alpha value is -2.54. The molecule has 1 saturated heterocycles. The Bertz CT molecular complexity index is 784. The van der Waals surface area contributed by atoms with Gasteiger partial charge in [-0.3, -0.25) is 9.69 Å². The lowest BCUT2D eigenvalue weighted by atomic mass is 10.0. The number of aryl methyl sites for hydroxylation is 1. The van der Waals surface area contributed by atoms with Gasteiger partial charge in [0.1, 0.15) is 5.76 Å². The molecule has 0 spiro atoms. The molecule has 0 aliphatic carbocycles. The van der Waals surface area contributed by atoms with Crippen molar-refractivity contribution in [2.45, 2.75) is 38.6 Å². The van der Waals surface area contributed by atoms with E-state index in [0.717, 1.165) is 18.7 Å². The van der Waals surface area contributed by atoms with Crippen LogP contribution < -0.4 is 14.8 Å². The summed E-state index contributed by atoms with van der Waals surface area (Å²) in [5.74, 6) is 2.05. The van der Waals surface area contributed by atoms with Gasteiger partial charge in [-0.1, -0.05) is 17.6 Å². The predicted octanol–water partition coefficient (Wildman–Crippen LogP) is 2.89. The third kappa shape index (κ3) is 5.04. The topological polar surface area (TPSA) is 76.8 Å². The number of carbonyl (C=O) groups is 1. The quantitative estimate of drug-likeness (QED) is 0.751. The van der Waals surface area contributed by atoms with Gasteiger partial charge in [-0.25, -0.2) is 0 Å². The Morgan fingerprint density at radius 1 is 1.18 bits per heavy atom. The molecule has 7 heteroatoms. The summed E-state index contributed by atoms with van der Waals surface area (Å²) in [6.45, 7) is 4.40. The van der Waals surface area contributed by atoms with Gasteiger partial charge in [0.25, 0.3) is 0 Å². The standard InChI is InChI=1S/C21H29N3O4/c1-15-11-17(23-28-15)13-21(25)22-14-18(24-9-5-4-6-10-24)16-7-8-19(26-2)20(12-16)27-3/h7-8,11-12,18H,4-6,9-10,13-14H2,1-3H3,(H,22,25). The van der Waals surface area contributed by atoms with E-state index in [1.807, 2.05) is 25.1 Å². The molecule has 1 aromatic heterocycles. The van der Waals surface area contributed by atoms with Crippen LogP contribution in [-0.4, -0.2) is 49.8 Å². The molecule has 0 saturated carbocycles. The van der Waals surface area contributed by atoms with Crippen molar-refractivity contribution in [1.29, 1.82) is 0 Å². The molecule has 0 bridgehead atoms. The van der Waals surface area contributed by atoms with Crippen LogP contribution in [0.25, 0.3) is 0 Å². The molecule has 2 aromatic rings. The number of rotatable bonds is 8. The van der Waals surface area contributed by atoms with Gasteiger partial charge >= 0.3 is 0 Å². The molecule has 152 valence electrons. The number of methoxy groups -OCH3 is 2. The lowest BCUT2D eigenvalue weighted by Crippen LogP contribution is -2.41. The second-order valence-electron chi connectivity index (χ2n) is 7.14. The van der Waals surface area contributed by atoms with Gasteiger partial charge in [0.15, 0.2) is 11.5 Å². The number of hydrogen-bond donors (Lipinski definition) is 1. The van der Waals surface area contributed by atoms with Crippen LogP contribution in [0.3, 0.4) is 0 Å². The zero-order chi connectivity index (χ0) is 19.9. The van der Waals surface area contributed by atoms with Gasteiger partial charge in [-0.05, 0) is 50.6 Å². The van der Waals surface area contributed by atoms with Crippen molar-refractivity contribution in [2.24, 2.45) is 0 Å². The number of aromatic nitrogens is 1. The van der Waals surface area contributed by atoms with Gasteiger partial charge in [0, 0.05) is 12.6 Å². The maximum Gasteiger partial charge on any atom is 0.226 e. The number of carbonyl (C=O) groups excluding carboxylic acids is 1. The fourth-order valence-corrected chi connectivity index (χ4v) is 3.69. The van der Waals surface area contributed by atoms with Crippen molar-refractivity contribution in [3.63, 3.8) is 0 Å². The number of hydrogen-bond acceptors (Lipinski definition) is 6. The van der Waals surface area contributed by atoms with E-state index < -0.39 is 0 Å². The highest BCUT2D eigenvalue weighted by molar-refractivity contribution is 5.78. The predicted molar refractivity (Wildman–Crippen MR) is 106 cm³/mol. The summed E-state index contributed by atoms with van der Waals surface area (Å²) in [7, 11) is 3.27. The van der Waals surface area contributed by atoms with Gasteiger partial charge in [0.05, 0.1) is 32.4 Å². The summed E-state index contributed by atoms with van der Waals surface area (Å²) >= 11 is 0. The van der Waals surface area contributed by atoms with Crippen LogP contribution in [0, 0.1) is 6.92 Å². The number of amides is 1. The van der Waals surface area contributed by atoms with Crippen molar-refractivity contribution < 1.29 is 18.8 Å². The van der Waals surface area contributed by atoms with Crippen LogP contribution in [0.4, 0.5) is 0 Å². The number of likely N-dealkylation sites (tertiary alicyclic amines) is 1. The molecule has 7 nitrogen and oxygen atoms in total. The van der Waals surface area contributed by atoms with Crippen LogP contribution in [0.15, 0.2) is 28.8 Å². The van der Waals surface area contributed by atoms with E-state index in [2.05, 4.69) is 15.4 Å². The Balaban J connectivity index is 1.72. The molecule has 0 radical (unpaired) electrons.